The van der Waals surface area contributed by atoms with Crippen molar-refractivity contribution in [3.63, 3.8) is 0 Å². The first kappa shape index (κ1) is 18.1. The molecule has 4 rings (SSSR count). The number of hydrogen-bond acceptors (Lipinski definition) is 5. The minimum Gasteiger partial charge on any atom is -0.493 e. The van der Waals surface area contributed by atoms with E-state index >= 15 is 0 Å². The molecule has 6 heteroatoms. The van der Waals surface area contributed by atoms with E-state index in [1.165, 1.54) is 12.8 Å². The number of rotatable bonds is 6. The van der Waals surface area contributed by atoms with Gasteiger partial charge in [0.15, 0.2) is 11.5 Å². The Kier molecular flexibility index (Phi) is 4.73. The Bertz CT molecular complexity index is 754. The Hall–Kier alpha value is -2.26. The molecule has 2 unspecified atom stereocenters. The number of benzene rings is 1. The van der Waals surface area contributed by atoms with Crippen molar-refractivity contribution >= 4 is 5.91 Å². The fraction of sp³-hybridized carbons (Fsp3) is 0.619. The van der Waals surface area contributed by atoms with Crippen LogP contribution in [-0.4, -0.2) is 24.8 Å². The van der Waals surface area contributed by atoms with Crippen LogP contribution < -0.4 is 15.0 Å². The maximum Gasteiger partial charge on any atom is 0.246 e. The van der Waals surface area contributed by atoms with Gasteiger partial charge in [-0.15, -0.1) is 0 Å². The third-order valence-electron chi connectivity index (χ3n) is 6.65. The summed E-state index contributed by atoms with van der Waals surface area (Å²) >= 11 is 0. The molecule has 3 aliphatic rings. The van der Waals surface area contributed by atoms with Crippen LogP contribution >= 0.6 is 0 Å². The fourth-order valence-electron chi connectivity index (χ4n) is 4.97. The SMILES string of the molecule is COc1ccc(C2(C#N)C[C@H]3CC(C(=O)NO)C[C@H]3C2)cc1OCC1CC1. The zero-order valence-corrected chi connectivity index (χ0v) is 15.6. The zero-order valence-electron chi connectivity index (χ0n) is 15.6. The Balaban J connectivity index is 1.54. The third-order valence-corrected chi connectivity index (χ3v) is 6.65. The summed E-state index contributed by atoms with van der Waals surface area (Å²) in [7, 11) is 1.63. The maximum absolute atomic E-state index is 11.7. The molecule has 3 aliphatic carbocycles. The first-order valence-corrected chi connectivity index (χ1v) is 9.75. The van der Waals surface area contributed by atoms with Gasteiger partial charge in [-0.25, -0.2) is 5.48 Å². The number of fused-ring (bicyclic) bond motifs is 1. The predicted octanol–water partition coefficient (Wildman–Crippen LogP) is 3.19. The van der Waals surface area contributed by atoms with Crippen LogP contribution in [0.1, 0.15) is 44.1 Å². The normalized spacial score (nSPS) is 31.8. The standard InChI is InChI=1S/C21H26N2O4/c1-26-18-5-4-17(8-19(18)27-11-13-2-3-13)21(12-22)9-15-6-14(20(24)23-25)7-16(15)10-21/h4-5,8,13-16,25H,2-3,6-7,9-11H2,1H3,(H,23,24)/t14?,15-,16+,21?. The number of ether oxygens (including phenoxy) is 2. The molecule has 0 aliphatic heterocycles. The highest BCUT2D eigenvalue weighted by Gasteiger charge is 2.52. The number of hydroxylamine groups is 1. The van der Waals surface area contributed by atoms with Gasteiger partial charge >= 0.3 is 0 Å². The molecule has 0 bridgehead atoms. The Morgan fingerprint density at radius 3 is 2.56 bits per heavy atom. The van der Waals surface area contributed by atoms with E-state index in [4.69, 9.17) is 14.7 Å². The van der Waals surface area contributed by atoms with Crippen LogP contribution in [0.5, 0.6) is 11.5 Å². The molecule has 4 atom stereocenters. The molecule has 0 heterocycles. The Labute approximate surface area is 159 Å². The molecule has 0 spiro atoms. The van der Waals surface area contributed by atoms with Crippen molar-refractivity contribution < 1.29 is 19.5 Å². The van der Waals surface area contributed by atoms with Crippen LogP contribution in [0.25, 0.3) is 0 Å². The van der Waals surface area contributed by atoms with Crippen LogP contribution in [0.4, 0.5) is 0 Å². The van der Waals surface area contributed by atoms with Gasteiger partial charge in [0, 0.05) is 5.92 Å². The average molecular weight is 370 g/mol. The van der Waals surface area contributed by atoms with Gasteiger partial charge in [-0.3, -0.25) is 10.0 Å². The summed E-state index contributed by atoms with van der Waals surface area (Å²) in [5, 5.41) is 18.9. The van der Waals surface area contributed by atoms with Crippen molar-refractivity contribution in [3.05, 3.63) is 23.8 Å². The second kappa shape index (κ2) is 7.05. The van der Waals surface area contributed by atoms with Crippen molar-refractivity contribution in [1.29, 1.82) is 5.26 Å². The molecule has 27 heavy (non-hydrogen) atoms. The molecular formula is C21H26N2O4. The topological polar surface area (TPSA) is 91.6 Å². The molecule has 6 nitrogen and oxygen atoms in total. The summed E-state index contributed by atoms with van der Waals surface area (Å²) in [6.07, 6.45) is 5.41. The van der Waals surface area contributed by atoms with Gasteiger partial charge in [0.2, 0.25) is 5.91 Å². The molecular weight excluding hydrogens is 344 g/mol. The Morgan fingerprint density at radius 1 is 1.30 bits per heavy atom. The lowest BCUT2D eigenvalue weighted by molar-refractivity contribution is -0.133. The minimum atomic E-state index is -0.542. The quantitative estimate of drug-likeness (QED) is 0.593. The van der Waals surface area contributed by atoms with Gasteiger partial charge in [0.25, 0.3) is 0 Å². The lowest BCUT2D eigenvalue weighted by atomic mass is 9.77. The molecule has 1 aromatic carbocycles. The second-order valence-corrected chi connectivity index (χ2v) is 8.39. The maximum atomic E-state index is 11.7. The van der Waals surface area contributed by atoms with Gasteiger partial charge in [0.1, 0.15) is 0 Å². The van der Waals surface area contributed by atoms with Crippen LogP contribution in [0, 0.1) is 35.0 Å². The third kappa shape index (κ3) is 3.37. The van der Waals surface area contributed by atoms with Crippen molar-refractivity contribution in [3.8, 4) is 17.6 Å². The number of carbonyl (C=O) groups is 1. The number of amides is 1. The number of methoxy groups -OCH3 is 1. The van der Waals surface area contributed by atoms with E-state index in [0.29, 0.717) is 35.9 Å². The molecule has 3 saturated carbocycles. The largest absolute Gasteiger partial charge is 0.493 e. The number of nitrogens with one attached hydrogen (secondary N) is 1. The first-order valence-electron chi connectivity index (χ1n) is 9.75. The van der Waals surface area contributed by atoms with Crippen LogP contribution in [-0.2, 0) is 10.2 Å². The van der Waals surface area contributed by atoms with Gasteiger partial charge in [-0.05, 0) is 74.0 Å². The van der Waals surface area contributed by atoms with Gasteiger partial charge in [-0.1, -0.05) is 6.07 Å². The summed E-state index contributed by atoms with van der Waals surface area (Å²) in [5.74, 6) is 2.29. The van der Waals surface area contributed by atoms with E-state index in [1.807, 2.05) is 18.2 Å². The summed E-state index contributed by atoms with van der Waals surface area (Å²) in [4.78, 5) is 11.7. The lowest BCUT2D eigenvalue weighted by Gasteiger charge is -2.24. The predicted molar refractivity (Wildman–Crippen MR) is 97.4 cm³/mol. The van der Waals surface area contributed by atoms with Crippen LogP contribution in [0.3, 0.4) is 0 Å². The van der Waals surface area contributed by atoms with E-state index in [0.717, 1.165) is 31.2 Å². The van der Waals surface area contributed by atoms with Gasteiger partial charge in [0.05, 0.1) is 25.2 Å². The molecule has 1 amide bonds. The van der Waals surface area contributed by atoms with Gasteiger partial charge < -0.3 is 9.47 Å². The van der Waals surface area contributed by atoms with E-state index in [1.54, 1.807) is 12.6 Å². The number of nitrogens with zero attached hydrogens (tertiary/aromatic N) is 1. The lowest BCUT2D eigenvalue weighted by Crippen LogP contribution is -2.28. The summed E-state index contributed by atoms with van der Waals surface area (Å²) in [6, 6.07) is 8.42. The van der Waals surface area contributed by atoms with E-state index in [9.17, 15) is 10.1 Å². The van der Waals surface area contributed by atoms with E-state index in [-0.39, 0.29) is 11.8 Å². The fourth-order valence-corrected chi connectivity index (χ4v) is 4.97. The second-order valence-electron chi connectivity index (χ2n) is 8.39. The van der Waals surface area contributed by atoms with E-state index < -0.39 is 5.41 Å². The van der Waals surface area contributed by atoms with Crippen molar-refractivity contribution in [2.75, 3.05) is 13.7 Å². The summed E-state index contributed by atoms with van der Waals surface area (Å²) < 4.78 is 11.4. The monoisotopic (exact) mass is 370 g/mol. The zero-order chi connectivity index (χ0) is 19.0. The first-order chi connectivity index (χ1) is 13.1. The molecule has 0 saturated heterocycles. The molecule has 0 radical (unpaired) electrons. The van der Waals surface area contributed by atoms with Crippen molar-refractivity contribution in [2.24, 2.45) is 23.7 Å². The van der Waals surface area contributed by atoms with Gasteiger partial charge in [-0.2, -0.15) is 5.26 Å². The highest BCUT2D eigenvalue weighted by molar-refractivity contribution is 5.77. The number of hydrogen-bond donors (Lipinski definition) is 2. The molecule has 144 valence electrons. The molecule has 0 aromatic heterocycles. The smallest absolute Gasteiger partial charge is 0.246 e. The van der Waals surface area contributed by atoms with Crippen molar-refractivity contribution in [1.82, 2.24) is 5.48 Å². The van der Waals surface area contributed by atoms with Crippen LogP contribution in [0.2, 0.25) is 0 Å². The highest BCUT2D eigenvalue weighted by atomic mass is 16.5. The number of carbonyl (C=O) groups excluding carboxylic acids is 1. The van der Waals surface area contributed by atoms with E-state index in [2.05, 4.69) is 6.07 Å². The summed E-state index contributed by atoms with van der Waals surface area (Å²) in [6.45, 7) is 0.697. The average Bonchev–Trinajstić information content (AvgIpc) is 3.34. The Morgan fingerprint density at radius 2 is 2.00 bits per heavy atom. The molecule has 2 N–H and O–H groups in total. The highest BCUT2D eigenvalue weighted by Crippen LogP contribution is 2.56. The minimum absolute atomic E-state index is 0.144. The molecule has 3 fully saturated rings. The number of nitriles is 1. The van der Waals surface area contributed by atoms with Crippen LogP contribution in [0.15, 0.2) is 18.2 Å². The summed E-state index contributed by atoms with van der Waals surface area (Å²) in [5.41, 5.74) is 2.22. The molecule has 1 aromatic rings. The van der Waals surface area contributed by atoms with Crippen molar-refractivity contribution in [2.45, 2.75) is 43.9 Å².